The number of amides is 1. The van der Waals surface area contributed by atoms with Gasteiger partial charge in [-0.15, -0.1) is 0 Å². The Morgan fingerprint density at radius 1 is 0.821 bits per heavy atom. The number of carboxylic acids is 1. The van der Waals surface area contributed by atoms with Gasteiger partial charge in [-0.2, -0.15) is 18.3 Å². The Morgan fingerprint density at radius 3 is 2.18 bits per heavy atom. The molecule has 0 bridgehead atoms. The van der Waals surface area contributed by atoms with Crippen LogP contribution in [0.15, 0.2) is 73.3 Å². The molecule has 0 radical (unpaired) electrons. The highest BCUT2D eigenvalue weighted by molar-refractivity contribution is 5.95. The maximum atomic E-state index is 13.8. The van der Waals surface area contributed by atoms with Crippen molar-refractivity contribution in [2.45, 2.75) is 6.18 Å². The van der Waals surface area contributed by atoms with Crippen LogP contribution in [-0.2, 0) is 6.18 Å². The zero-order chi connectivity index (χ0) is 27.7. The summed E-state index contributed by atoms with van der Waals surface area (Å²) in [7, 11) is 0. The number of hydrogen-bond acceptors (Lipinski definition) is 6. The number of rotatable bonds is 5. The molecular weight excluding hydrogens is 515 g/mol. The highest BCUT2D eigenvalue weighted by Gasteiger charge is 2.33. The van der Waals surface area contributed by atoms with Gasteiger partial charge >= 0.3 is 12.1 Å². The largest absolute Gasteiger partial charge is 0.506 e. The highest BCUT2D eigenvalue weighted by Crippen LogP contribution is 2.32. The Bertz CT molecular complexity index is 1530. The number of pyridine rings is 1. The summed E-state index contributed by atoms with van der Waals surface area (Å²) < 4.78 is 42.5. The molecule has 1 fully saturated rings. The van der Waals surface area contributed by atoms with Gasteiger partial charge in [0.25, 0.3) is 5.91 Å². The molecule has 2 aromatic heterocycles. The fraction of sp³-hybridized carbons (Fsp3) is 0.185. The lowest BCUT2D eigenvalue weighted by Crippen LogP contribution is -2.48. The summed E-state index contributed by atoms with van der Waals surface area (Å²) in [6.45, 7) is 1.43. The quantitative estimate of drug-likeness (QED) is 0.390. The van der Waals surface area contributed by atoms with E-state index >= 15 is 0 Å². The first-order valence-corrected chi connectivity index (χ1v) is 11.9. The summed E-state index contributed by atoms with van der Waals surface area (Å²) in [5.41, 5.74) is 0.980. The summed E-state index contributed by atoms with van der Waals surface area (Å²) in [4.78, 5) is 31.7. The van der Waals surface area contributed by atoms with E-state index in [4.69, 9.17) is 5.11 Å². The van der Waals surface area contributed by atoms with Crippen molar-refractivity contribution in [1.29, 1.82) is 0 Å². The SMILES string of the molecule is O=C(O)c1ccc(N2CCN(C(=O)c3cc(-n4cc(-c5cncc(O)c5)cn4)cc(C(F)(F)F)c3)CC2)cc1. The van der Waals surface area contributed by atoms with Crippen LogP contribution < -0.4 is 4.90 Å². The maximum absolute atomic E-state index is 13.8. The van der Waals surface area contributed by atoms with Gasteiger partial charge < -0.3 is 20.0 Å². The number of aromatic carboxylic acids is 1. The van der Waals surface area contributed by atoms with Crippen LogP contribution in [0, 0.1) is 0 Å². The number of alkyl halides is 3. The topological polar surface area (TPSA) is 112 Å². The van der Waals surface area contributed by atoms with Gasteiger partial charge in [0.2, 0.25) is 0 Å². The number of aromatic nitrogens is 3. The van der Waals surface area contributed by atoms with E-state index < -0.39 is 23.6 Å². The number of piperazine rings is 1. The molecule has 39 heavy (non-hydrogen) atoms. The Morgan fingerprint density at radius 2 is 1.54 bits per heavy atom. The number of carboxylic acid groups (broad SMARTS) is 1. The summed E-state index contributed by atoms with van der Waals surface area (Å²) in [5, 5.41) is 22.9. The van der Waals surface area contributed by atoms with Crippen molar-refractivity contribution in [1.82, 2.24) is 19.7 Å². The van der Waals surface area contributed by atoms with Gasteiger partial charge in [0.05, 0.1) is 29.2 Å². The normalized spacial score (nSPS) is 13.9. The molecule has 1 aliphatic heterocycles. The summed E-state index contributed by atoms with van der Waals surface area (Å²) in [5.74, 6) is -1.63. The molecule has 1 aliphatic rings. The Balaban J connectivity index is 1.37. The van der Waals surface area contributed by atoms with E-state index in [1.807, 2.05) is 4.90 Å². The molecule has 5 rings (SSSR count). The third-order valence-corrected chi connectivity index (χ3v) is 6.44. The first-order valence-electron chi connectivity index (χ1n) is 11.9. The minimum absolute atomic E-state index is 0.0599. The molecule has 2 N–H and O–H groups in total. The van der Waals surface area contributed by atoms with Crippen LogP contribution in [0.4, 0.5) is 18.9 Å². The Labute approximate surface area is 220 Å². The van der Waals surface area contributed by atoms with Crippen LogP contribution in [0.3, 0.4) is 0 Å². The minimum atomic E-state index is -4.68. The zero-order valence-electron chi connectivity index (χ0n) is 20.3. The number of hydrogen-bond donors (Lipinski definition) is 2. The van der Waals surface area contributed by atoms with E-state index in [0.29, 0.717) is 24.2 Å². The number of benzene rings is 2. The van der Waals surface area contributed by atoms with E-state index in [9.17, 15) is 27.9 Å². The van der Waals surface area contributed by atoms with Crippen molar-refractivity contribution < 1.29 is 33.0 Å². The number of nitrogens with zero attached hydrogens (tertiary/aromatic N) is 5. The predicted molar refractivity (Wildman–Crippen MR) is 135 cm³/mol. The van der Waals surface area contributed by atoms with Gasteiger partial charge in [0.1, 0.15) is 5.75 Å². The van der Waals surface area contributed by atoms with Crippen molar-refractivity contribution >= 4 is 17.6 Å². The molecule has 1 saturated heterocycles. The van der Waals surface area contributed by atoms with Crippen molar-refractivity contribution in [2.24, 2.45) is 0 Å². The summed E-state index contributed by atoms with van der Waals surface area (Å²) in [6.07, 6.45) is 0.988. The number of carbonyl (C=O) groups is 2. The first-order chi connectivity index (χ1) is 18.6. The molecule has 9 nitrogen and oxygen atoms in total. The lowest BCUT2D eigenvalue weighted by molar-refractivity contribution is -0.137. The van der Waals surface area contributed by atoms with Crippen LogP contribution in [0.25, 0.3) is 16.8 Å². The van der Waals surface area contributed by atoms with Crippen LogP contribution in [0.5, 0.6) is 5.75 Å². The Hall–Kier alpha value is -4.87. The van der Waals surface area contributed by atoms with Crippen molar-refractivity contribution in [3.8, 4) is 22.6 Å². The lowest BCUT2D eigenvalue weighted by atomic mass is 10.1. The van der Waals surface area contributed by atoms with Gasteiger partial charge in [-0.05, 0) is 48.5 Å². The van der Waals surface area contributed by atoms with Crippen LogP contribution in [0.2, 0.25) is 0 Å². The van der Waals surface area contributed by atoms with Gasteiger partial charge in [0, 0.05) is 61.0 Å². The average Bonchev–Trinajstić information content (AvgIpc) is 3.43. The summed E-state index contributed by atoms with van der Waals surface area (Å²) >= 11 is 0. The van der Waals surface area contributed by atoms with Crippen LogP contribution in [0.1, 0.15) is 26.3 Å². The fourth-order valence-electron chi connectivity index (χ4n) is 4.39. The molecule has 200 valence electrons. The molecule has 4 aromatic rings. The number of carbonyl (C=O) groups excluding carboxylic acids is 1. The molecular formula is C27H22F3N5O4. The van der Waals surface area contributed by atoms with E-state index in [2.05, 4.69) is 10.1 Å². The van der Waals surface area contributed by atoms with Gasteiger partial charge in [-0.3, -0.25) is 9.78 Å². The molecule has 0 atom stereocenters. The standard InChI is InChI=1S/C27H22F3N5O4/c28-27(29,30)21-9-18(10-23(12-21)35-16-20(14-32-35)19-11-24(36)15-31-13-19)25(37)34-7-5-33(6-8-34)22-3-1-17(2-4-22)26(38)39/h1-4,9-16,36H,5-8H2,(H,38,39). The van der Waals surface area contributed by atoms with Gasteiger partial charge in [0.15, 0.2) is 0 Å². The third kappa shape index (κ3) is 5.54. The second kappa shape index (κ2) is 10.1. The van der Waals surface area contributed by atoms with Gasteiger partial charge in [-0.25, -0.2) is 9.48 Å². The second-order valence-corrected chi connectivity index (χ2v) is 9.00. The molecule has 2 aromatic carbocycles. The average molecular weight is 537 g/mol. The molecule has 12 heteroatoms. The number of aromatic hydroxyl groups is 1. The van der Waals surface area contributed by atoms with Crippen molar-refractivity contribution in [2.75, 3.05) is 31.1 Å². The monoisotopic (exact) mass is 537 g/mol. The molecule has 0 saturated carbocycles. The zero-order valence-corrected chi connectivity index (χ0v) is 20.3. The van der Waals surface area contributed by atoms with E-state index in [0.717, 1.165) is 17.8 Å². The van der Waals surface area contributed by atoms with Crippen molar-refractivity contribution in [3.05, 3.63) is 90.0 Å². The minimum Gasteiger partial charge on any atom is -0.506 e. The number of halogens is 3. The van der Waals surface area contributed by atoms with Crippen molar-refractivity contribution in [3.63, 3.8) is 0 Å². The van der Waals surface area contributed by atoms with Gasteiger partial charge in [-0.1, -0.05) is 0 Å². The number of anilines is 1. The Kier molecular flexibility index (Phi) is 6.69. The molecule has 1 amide bonds. The molecule has 0 aliphatic carbocycles. The molecule has 3 heterocycles. The predicted octanol–water partition coefficient (Wildman–Crippen LogP) is 4.32. The van der Waals surface area contributed by atoms with E-state index in [1.54, 1.807) is 12.1 Å². The maximum Gasteiger partial charge on any atom is 0.416 e. The third-order valence-electron chi connectivity index (χ3n) is 6.44. The lowest BCUT2D eigenvalue weighted by Gasteiger charge is -2.36. The van der Waals surface area contributed by atoms with E-state index in [1.165, 1.54) is 58.6 Å². The summed E-state index contributed by atoms with van der Waals surface area (Å²) in [6, 6.07) is 11.0. The second-order valence-electron chi connectivity index (χ2n) is 9.00. The highest BCUT2D eigenvalue weighted by atomic mass is 19.4. The first kappa shape index (κ1) is 25.8. The van der Waals surface area contributed by atoms with E-state index in [-0.39, 0.29) is 35.7 Å². The smallest absolute Gasteiger partial charge is 0.416 e. The van der Waals surface area contributed by atoms with Crippen LogP contribution in [-0.4, -0.2) is 67.9 Å². The van der Waals surface area contributed by atoms with Crippen LogP contribution >= 0.6 is 0 Å². The molecule has 0 spiro atoms. The molecule has 0 unspecified atom stereocenters. The fourth-order valence-corrected chi connectivity index (χ4v) is 4.39.